The molecule has 2 rings (SSSR count). The number of aliphatic hydroxyl groups excluding tert-OH is 1. The van der Waals surface area contributed by atoms with Crippen molar-refractivity contribution in [2.75, 3.05) is 26.3 Å². The summed E-state index contributed by atoms with van der Waals surface area (Å²) < 4.78 is 70.2. The molecule has 1 aromatic rings. The van der Waals surface area contributed by atoms with Gasteiger partial charge in [0.15, 0.2) is 4.90 Å². The van der Waals surface area contributed by atoms with Crippen LogP contribution in [0.5, 0.6) is 0 Å². The summed E-state index contributed by atoms with van der Waals surface area (Å²) in [5, 5.41) is 8.95. The number of sulfonamides is 1. The molecule has 0 bridgehead atoms. The molecular weight excluding hydrogens is 299 g/mol. The molecule has 1 heterocycles. The topological polar surface area (TPSA) is 66.8 Å². The van der Waals surface area contributed by atoms with E-state index in [1.54, 1.807) is 0 Å². The second-order valence-electron chi connectivity index (χ2n) is 4.24. The monoisotopic (exact) mass is 311 g/mol. The average Bonchev–Trinajstić information content (AvgIpc) is 2.37. The van der Waals surface area contributed by atoms with E-state index in [0.717, 1.165) is 4.31 Å². The van der Waals surface area contributed by atoms with Gasteiger partial charge in [0.1, 0.15) is 17.5 Å². The lowest BCUT2D eigenvalue weighted by molar-refractivity contribution is -0.0305. The minimum Gasteiger partial charge on any atom is -0.394 e. The van der Waals surface area contributed by atoms with Gasteiger partial charge in [-0.25, -0.2) is 21.6 Å². The van der Waals surface area contributed by atoms with Gasteiger partial charge >= 0.3 is 0 Å². The maximum Gasteiger partial charge on any atom is 0.249 e. The molecule has 0 radical (unpaired) electrons. The summed E-state index contributed by atoms with van der Waals surface area (Å²) in [7, 11) is -4.46. The summed E-state index contributed by atoms with van der Waals surface area (Å²) in [6, 6.07) is 0.611. The second-order valence-corrected chi connectivity index (χ2v) is 6.11. The molecule has 1 aliphatic rings. The van der Waals surface area contributed by atoms with Crippen molar-refractivity contribution in [3.63, 3.8) is 0 Å². The van der Waals surface area contributed by atoms with Crippen molar-refractivity contribution < 1.29 is 31.4 Å². The Balaban J connectivity index is 2.40. The Hall–Kier alpha value is -1.16. The van der Waals surface area contributed by atoms with E-state index in [9.17, 15) is 21.6 Å². The van der Waals surface area contributed by atoms with E-state index in [1.165, 1.54) is 0 Å². The van der Waals surface area contributed by atoms with Crippen LogP contribution in [0.15, 0.2) is 17.0 Å². The third-order valence-corrected chi connectivity index (χ3v) is 4.78. The number of hydrogen-bond acceptors (Lipinski definition) is 4. The molecule has 20 heavy (non-hydrogen) atoms. The van der Waals surface area contributed by atoms with Crippen LogP contribution in [0.4, 0.5) is 13.2 Å². The molecule has 0 spiro atoms. The van der Waals surface area contributed by atoms with Crippen molar-refractivity contribution in [1.29, 1.82) is 0 Å². The van der Waals surface area contributed by atoms with E-state index >= 15 is 0 Å². The molecule has 1 unspecified atom stereocenters. The molecular formula is C11H12F3NO4S. The van der Waals surface area contributed by atoms with Crippen molar-refractivity contribution in [2.45, 2.75) is 11.0 Å². The van der Waals surface area contributed by atoms with E-state index in [1.807, 2.05) is 0 Å². The summed E-state index contributed by atoms with van der Waals surface area (Å²) in [4.78, 5) is -1.20. The molecule has 1 N–H and O–H groups in total. The number of benzene rings is 1. The van der Waals surface area contributed by atoms with E-state index in [0.29, 0.717) is 12.1 Å². The molecule has 0 aliphatic carbocycles. The van der Waals surface area contributed by atoms with E-state index < -0.39 is 45.1 Å². The summed E-state index contributed by atoms with van der Waals surface area (Å²) in [5.41, 5.74) is 0. The van der Waals surface area contributed by atoms with Crippen LogP contribution in [0.3, 0.4) is 0 Å². The summed E-state index contributed by atoms with van der Waals surface area (Å²) in [6.45, 7) is -0.751. The quantitative estimate of drug-likeness (QED) is 0.882. The van der Waals surface area contributed by atoms with Crippen LogP contribution in [0.2, 0.25) is 0 Å². The van der Waals surface area contributed by atoms with Crippen LogP contribution in [0, 0.1) is 17.5 Å². The van der Waals surface area contributed by atoms with Gasteiger partial charge in [0.2, 0.25) is 10.0 Å². The van der Waals surface area contributed by atoms with Gasteiger partial charge in [-0.1, -0.05) is 0 Å². The first-order valence-electron chi connectivity index (χ1n) is 5.73. The summed E-state index contributed by atoms with van der Waals surface area (Å²) in [6.07, 6.45) is -0.759. The van der Waals surface area contributed by atoms with Gasteiger partial charge in [-0.05, 0) is 0 Å². The first-order chi connectivity index (χ1) is 9.36. The molecule has 5 nitrogen and oxygen atoms in total. The Kier molecular flexibility index (Phi) is 4.33. The number of morpholine rings is 1. The Labute approximate surface area is 113 Å². The smallest absolute Gasteiger partial charge is 0.249 e. The highest BCUT2D eigenvalue weighted by atomic mass is 32.2. The largest absolute Gasteiger partial charge is 0.394 e. The first-order valence-corrected chi connectivity index (χ1v) is 7.17. The van der Waals surface area contributed by atoms with Crippen molar-refractivity contribution in [1.82, 2.24) is 4.31 Å². The van der Waals surface area contributed by atoms with E-state index in [4.69, 9.17) is 9.84 Å². The van der Waals surface area contributed by atoms with Crippen LogP contribution in [0.25, 0.3) is 0 Å². The maximum atomic E-state index is 13.6. The average molecular weight is 311 g/mol. The van der Waals surface area contributed by atoms with Crippen LogP contribution in [-0.4, -0.2) is 50.2 Å². The van der Waals surface area contributed by atoms with Crippen molar-refractivity contribution >= 4 is 10.0 Å². The predicted octanol–water partition coefficient (Wildman–Crippen LogP) is 0.486. The Morgan fingerprint density at radius 1 is 1.30 bits per heavy atom. The third-order valence-electron chi connectivity index (χ3n) is 2.87. The number of aliphatic hydroxyl groups is 1. The molecule has 1 aliphatic heterocycles. The number of halogens is 3. The molecule has 9 heteroatoms. The highest BCUT2D eigenvalue weighted by Crippen LogP contribution is 2.25. The lowest BCUT2D eigenvalue weighted by Crippen LogP contribution is -2.47. The first kappa shape index (κ1) is 15.2. The second kappa shape index (κ2) is 5.68. The van der Waals surface area contributed by atoms with E-state index in [-0.39, 0.29) is 19.7 Å². The number of hydrogen-bond donors (Lipinski definition) is 1. The van der Waals surface area contributed by atoms with Crippen molar-refractivity contribution in [3.8, 4) is 0 Å². The zero-order valence-electron chi connectivity index (χ0n) is 10.2. The van der Waals surface area contributed by atoms with Gasteiger partial charge in [0.05, 0.1) is 19.3 Å². The number of ether oxygens (including phenoxy) is 1. The van der Waals surface area contributed by atoms with Crippen LogP contribution in [0.1, 0.15) is 0 Å². The Morgan fingerprint density at radius 3 is 2.45 bits per heavy atom. The van der Waals surface area contributed by atoms with Gasteiger partial charge in [0.25, 0.3) is 0 Å². The normalized spacial score (nSPS) is 21.1. The summed E-state index contributed by atoms with van der Waals surface area (Å²) >= 11 is 0. The van der Waals surface area contributed by atoms with Crippen LogP contribution in [-0.2, 0) is 14.8 Å². The lowest BCUT2D eigenvalue weighted by atomic mass is 10.3. The van der Waals surface area contributed by atoms with Gasteiger partial charge in [-0.3, -0.25) is 0 Å². The van der Waals surface area contributed by atoms with Gasteiger partial charge in [-0.15, -0.1) is 0 Å². The standard InChI is InChI=1S/C11H12F3NO4S/c12-7-3-9(13)11(10(14)4-7)20(17,18)15-1-2-19-8(5-15)6-16/h3-4,8,16H,1-2,5-6H2. The lowest BCUT2D eigenvalue weighted by Gasteiger charge is -2.31. The number of nitrogens with zero attached hydrogens (tertiary/aromatic N) is 1. The predicted molar refractivity (Wildman–Crippen MR) is 61.9 cm³/mol. The molecule has 1 fully saturated rings. The van der Waals surface area contributed by atoms with Crippen LogP contribution < -0.4 is 0 Å². The maximum absolute atomic E-state index is 13.6. The molecule has 1 saturated heterocycles. The zero-order valence-corrected chi connectivity index (χ0v) is 11.0. The van der Waals surface area contributed by atoms with Gasteiger partial charge in [-0.2, -0.15) is 4.31 Å². The fraction of sp³-hybridized carbons (Fsp3) is 0.455. The SMILES string of the molecule is O=S(=O)(c1c(F)cc(F)cc1F)N1CCOC(CO)C1. The van der Waals surface area contributed by atoms with Gasteiger partial charge in [0, 0.05) is 25.2 Å². The van der Waals surface area contributed by atoms with E-state index in [2.05, 4.69) is 0 Å². The van der Waals surface area contributed by atoms with Crippen molar-refractivity contribution in [2.24, 2.45) is 0 Å². The Bertz CT molecular complexity index is 585. The summed E-state index contributed by atoms with van der Waals surface area (Å²) in [5.74, 6) is -4.18. The molecule has 0 aromatic heterocycles. The highest BCUT2D eigenvalue weighted by molar-refractivity contribution is 7.89. The molecule has 1 atom stereocenters. The molecule has 1 aromatic carbocycles. The molecule has 0 saturated carbocycles. The minimum absolute atomic E-state index is 0.00507. The fourth-order valence-corrected chi connectivity index (χ4v) is 3.47. The minimum atomic E-state index is -4.46. The highest BCUT2D eigenvalue weighted by Gasteiger charge is 2.35. The molecule has 112 valence electrons. The fourth-order valence-electron chi connectivity index (χ4n) is 1.93. The van der Waals surface area contributed by atoms with Crippen molar-refractivity contribution in [3.05, 3.63) is 29.6 Å². The van der Waals surface area contributed by atoms with Crippen LogP contribution >= 0.6 is 0 Å². The third kappa shape index (κ3) is 2.80. The van der Waals surface area contributed by atoms with Gasteiger partial charge < -0.3 is 9.84 Å². The zero-order chi connectivity index (χ0) is 14.9. The Morgan fingerprint density at radius 2 is 1.90 bits per heavy atom. The molecule has 0 amide bonds. The number of rotatable bonds is 3.